The van der Waals surface area contributed by atoms with Gasteiger partial charge in [-0.3, -0.25) is 9.97 Å². The molecule has 2 aromatic heterocycles. The third-order valence-corrected chi connectivity index (χ3v) is 2.52. The first-order valence-corrected chi connectivity index (χ1v) is 5.77. The number of unbranched alkanes of at least 4 members (excludes halogenated alkanes) is 1. The molecule has 0 saturated carbocycles. The number of aryl methyl sites for hydroxylation is 1. The van der Waals surface area contributed by atoms with Crippen LogP contribution in [0.5, 0.6) is 0 Å². The molecule has 2 nitrogen and oxygen atoms in total. The van der Waals surface area contributed by atoms with Gasteiger partial charge in [0, 0.05) is 11.9 Å². The summed E-state index contributed by atoms with van der Waals surface area (Å²) in [6.07, 6.45) is 5.25. The summed E-state index contributed by atoms with van der Waals surface area (Å²) in [6, 6.07) is 12.1. The van der Waals surface area contributed by atoms with Crippen molar-refractivity contribution in [1.29, 1.82) is 0 Å². The molecule has 0 amide bonds. The zero-order chi connectivity index (χ0) is 11.2. The van der Waals surface area contributed by atoms with Crippen LogP contribution in [0.4, 0.5) is 0 Å². The SMILES string of the molecule is CCCCc1cccc(-c2ccccn2)n1. The first-order valence-electron chi connectivity index (χ1n) is 5.77. The highest BCUT2D eigenvalue weighted by atomic mass is 14.8. The molecule has 2 rings (SSSR count). The molecule has 2 heteroatoms. The van der Waals surface area contributed by atoms with E-state index in [1.54, 1.807) is 6.20 Å². The van der Waals surface area contributed by atoms with E-state index in [9.17, 15) is 0 Å². The highest BCUT2D eigenvalue weighted by molar-refractivity contribution is 5.53. The Hall–Kier alpha value is -1.70. The second-order valence-corrected chi connectivity index (χ2v) is 3.83. The molecule has 0 spiro atoms. The summed E-state index contributed by atoms with van der Waals surface area (Å²) in [6.45, 7) is 2.20. The Balaban J connectivity index is 2.22. The zero-order valence-electron chi connectivity index (χ0n) is 9.56. The van der Waals surface area contributed by atoms with Gasteiger partial charge in [-0.05, 0) is 37.1 Å². The van der Waals surface area contributed by atoms with E-state index in [2.05, 4.69) is 29.0 Å². The van der Waals surface area contributed by atoms with Gasteiger partial charge in [-0.2, -0.15) is 0 Å². The van der Waals surface area contributed by atoms with Gasteiger partial charge in [0.05, 0.1) is 11.4 Å². The minimum Gasteiger partial charge on any atom is -0.255 e. The molecule has 0 aliphatic heterocycles. The number of nitrogens with zero attached hydrogens (tertiary/aromatic N) is 2. The molecule has 0 aliphatic carbocycles. The summed E-state index contributed by atoms with van der Waals surface area (Å²) in [5.41, 5.74) is 3.07. The Kier molecular flexibility index (Phi) is 3.65. The van der Waals surface area contributed by atoms with Crippen LogP contribution in [0.3, 0.4) is 0 Å². The van der Waals surface area contributed by atoms with Crippen molar-refractivity contribution in [2.24, 2.45) is 0 Å². The summed E-state index contributed by atoms with van der Waals surface area (Å²) < 4.78 is 0. The molecule has 0 N–H and O–H groups in total. The topological polar surface area (TPSA) is 25.8 Å². The predicted molar refractivity (Wildman–Crippen MR) is 66.1 cm³/mol. The van der Waals surface area contributed by atoms with Crippen LogP contribution in [0.1, 0.15) is 25.5 Å². The van der Waals surface area contributed by atoms with Gasteiger partial charge in [0.15, 0.2) is 0 Å². The van der Waals surface area contributed by atoms with Crippen LogP contribution in [-0.4, -0.2) is 9.97 Å². The number of hydrogen-bond donors (Lipinski definition) is 0. The second-order valence-electron chi connectivity index (χ2n) is 3.83. The number of aromatic nitrogens is 2. The van der Waals surface area contributed by atoms with Gasteiger partial charge in [-0.15, -0.1) is 0 Å². The van der Waals surface area contributed by atoms with E-state index in [1.807, 2.05) is 24.3 Å². The first-order chi connectivity index (χ1) is 7.90. The van der Waals surface area contributed by atoms with Crippen molar-refractivity contribution in [3.05, 3.63) is 48.3 Å². The Morgan fingerprint density at radius 1 is 1.00 bits per heavy atom. The molecule has 2 aromatic rings. The largest absolute Gasteiger partial charge is 0.255 e. The minimum atomic E-state index is 0.945. The van der Waals surface area contributed by atoms with E-state index < -0.39 is 0 Å². The van der Waals surface area contributed by atoms with Crippen LogP contribution in [-0.2, 0) is 6.42 Å². The molecule has 16 heavy (non-hydrogen) atoms. The lowest BCUT2D eigenvalue weighted by atomic mass is 10.1. The van der Waals surface area contributed by atoms with Crippen molar-refractivity contribution < 1.29 is 0 Å². The highest BCUT2D eigenvalue weighted by Crippen LogP contribution is 2.14. The molecule has 0 atom stereocenters. The van der Waals surface area contributed by atoms with Gasteiger partial charge in [-0.1, -0.05) is 25.5 Å². The van der Waals surface area contributed by atoms with Crippen molar-refractivity contribution in [2.45, 2.75) is 26.2 Å². The van der Waals surface area contributed by atoms with E-state index in [4.69, 9.17) is 0 Å². The van der Waals surface area contributed by atoms with Crippen molar-refractivity contribution in [2.75, 3.05) is 0 Å². The van der Waals surface area contributed by atoms with Crippen LogP contribution in [0.2, 0.25) is 0 Å². The second kappa shape index (κ2) is 5.40. The normalized spacial score (nSPS) is 10.3. The summed E-state index contributed by atoms with van der Waals surface area (Å²) in [5, 5.41) is 0. The van der Waals surface area contributed by atoms with Crippen molar-refractivity contribution >= 4 is 0 Å². The summed E-state index contributed by atoms with van der Waals surface area (Å²) in [5.74, 6) is 0. The van der Waals surface area contributed by atoms with Gasteiger partial charge < -0.3 is 0 Å². The molecule has 0 bridgehead atoms. The number of hydrogen-bond acceptors (Lipinski definition) is 2. The van der Waals surface area contributed by atoms with Crippen LogP contribution >= 0.6 is 0 Å². The fourth-order valence-corrected chi connectivity index (χ4v) is 1.63. The van der Waals surface area contributed by atoms with Gasteiger partial charge in [-0.25, -0.2) is 0 Å². The molecule has 0 radical (unpaired) electrons. The van der Waals surface area contributed by atoms with Crippen LogP contribution in [0, 0.1) is 0 Å². The maximum atomic E-state index is 4.62. The smallest absolute Gasteiger partial charge is 0.0889 e. The Labute approximate surface area is 96.4 Å². The van der Waals surface area contributed by atoms with Crippen LogP contribution < -0.4 is 0 Å². The van der Waals surface area contributed by atoms with Gasteiger partial charge in [0.1, 0.15) is 0 Å². The first kappa shape index (κ1) is 10.8. The molecule has 2 heterocycles. The van der Waals surface area contributed by atoms with Gasteiger partial charge in [0.2, 0.25) is 0 Å². The molecule has 0 saturated heterocycles. The molecule has 0 aliphatic rings. The summed E-state index contributed by atoms with van der Waals surface area (Å²) in [7, 11) is 0. The Morgan fingerprint density at radius 2 is 1.88 bits per heavy atom. The van der Waals surface area contributed by atoms with Gasteiger partial charge in [0.25, 0.3) is 0 Å². The fourth-order valence-electron chi connectivity index (χ4n) is 1.63. The minimum absolute atomic E-state index is 0.945. The highest BCUT2D eigenvalue weighted by Gasteiger charge is 2.01. The number of pyridine rings is 2. The quantitative estimate of drug-likeness (QED) is 0.775. The van der Waals surface area contributed by atoms with Crippen molar-refractivity contribution in [3.8, 4) is 11.4 Å². The third-order valence-electron chi connectivity index (χ3n) is 2.52. The molecule has 0 unspecified atom stereocenters. The monoisotopic (exact) mass is 212 g/mol. The average Bonchev–Trinajstić information content (AvgIpc) is 2.38. The molecular formula is C14H16N2. The van der Waals surface area contributed by atoms with Crippen LogP contribution in [0.15, 0.2) is 42.6 Å². The summed E-state index contributed by atoms with van der Waals surface area (Å²) >= 11 is 0. The average molecular weight is 212 g/mol. The lowest BCUT2D eigenvalue weighted by molar-refractivity contribution is 0.777. The zero-order valence-corrected chi connectivity index (χ0v) is 9.56. The van der Waals surface area contributed by atoms with E-state index in [1.165, 1.54) is 12.8 Å². The Morgan fingerprint density at radius 3 is 2.62 bits per heavy atom. The lowest BCUT2D eigenvalue weighted by Gasteiger charge is -2.03. The van der Waals surface area contributed by atoms with E-state index >= 15 is 0 Å². The third kappa shape index (κ3) is 2.66. The van der Waals surface area contributed by atoms with Gasteiger partial charge >= 0.3 is 0 Å². The lowest BCUT2D eigenvalue weighted by Crippen LogP contribution is -1.93. The standard InChI is InChI=1S/C14H16N2/c1-2-3-7-12-8-6-10-14(16-12)13-9-4-5-11-15-13/h4-6,8-11H,2-3,7H2,1H3. The summed E-state index contributed by atoms with van der Waals surface area (Å²) in [4.78, 5) is 8.93. The molecule has 0 aromatic carbocycles. The molecular weight excluding hydrogens is 196 g/mol. The maximum absolute atomic E-state index is 4.62. The van der Waals surface area contributed by atoms with E-state index in [0.717, 1.165) is 23.5 Å². The molecule has 0 fully saturated rings. The Bertz CT molecular complexity index is 437. The molecule has 82 valence electrons. The fraction of sp³-hybridized carbons (Fsp3) is 0.286. The van der Waals surface area contributed by atoms with Crippen molar-refractivity contribution in [1.82, 2.24) is 9.97 Å². The van der Waals surface area contributed by atoms with E-state index in [-0.39, 0.29) is 0 Å². The van der Waals surface area contributed by atoms with Crippen LogP contribution in [0.25, 0.3) is 11.4 Å². The predicted octanol–water partition coefficient (Wildman–Crippen LogP) is 3.49. The number of rotatable bonds is 4. The van der Waals surface area contributed by atoms with Crippen molar-refractivity contribution in [3.63, 3.8) is 0 Å². The maximum Gasteiger partial charge on any atom is 0.0889 e. The van der Waals surface area contributed by atoms with E-state index in [0.29, 0.717) is 0 Å².